The van der Waals surface area contributed by atoms with Gasteiger partial charge in [0.25, 0.3) is 0 Å². The number of nitriles is 1. The van der Waals surface area contributed by atoms with E-state index in [-0.39, 0.29) is 23.1 Å². The number of hydrogen-bond acceptors (Lipinski definition) is 5. The average Bonchev–Trinajstić information content (AvgIpc) is 2.73. The Kier molecular flexibility index (Phi) is 5.15. The van der Waals surface area contributed by atoms with Crippen LogP contribution in [-0.2, 0) is 4.79 Å². The molecule has 0 fully saturated rings. The Morgan fingerprint density at radius 1 is 1.10 bits per heavy atom. The van der Waals surface area contributed by atoms with Crippen molar-refractivity contribution >= 4 is 5.78 Å². The van der Waals surface area contributed by atoms with Gasteiger partial charge in [-0.1, -0.05) is 48.5 Å². The average molecular weight is 402 g/mol. The predicted octanol–water partition coefficient (Wildman–Crippen LogP) is 3.80. The second-order valence-corrected chi connectivity index (χ2v) is 7.82. The number of benzene rings is 2. The van der Waals surface area contributed by atoms with Gasteiger partial charge in [0.1, 0.15) is 11.6 Å². The molecule has 0 spiro atoms. The molecular weight excluding hydrogens is 379 g/mol. The zero-order valence-corrected chi connectivity index (χ0v) is 17.0. The minimum absolute atomic E-state index is 0.00222. The van der Waals surface area contributed by atoms with Crippen molar-refractivity contribution in [3.63, 3.8) is 0 Å². The summed E-state index contributed by atoms with van der Waals surface area (Å²) < 4.78 is 14.8. The van der Waals surface area contributed by atoms with Crippen molar-refractivity contribution in [2.75, 3.05) is 14.1 Å². The van der Waals surface area contributed by atoms with E-state index in [0.29, 0.717) is 24.0 Å². The first kappa shape index (κ1) is 19.9. The SMILES string of the molecule is CN(C)N1C(N)=C(C#N)[C@@H](c2ccccc2F)C2=C1C[C@H](c1ccccc1)CC2=O. The van der Waals surface area contributed by atoms with E-state index in [0.717, 1.165) is 11.3 Å². The summed E-state index contributed by atoms with van der Waals surface area (Å²) in [5.74, 6) is -1.10. The van der Waals surface area contributed by atoms with Crippen LogP contribution in [0, 0.1) is 17.1 Å². The Balaban J connectivity index is 1.92. The minimum Gasteiger partial charge on any atom is -0.383 e. The van der Waals surface area contributed by atoms with Crippen molar-refractivity contribution in [3.8, 4) is 6.07 Å². The lowest BCUT2D eigenvalue weighted by Crippen LogP contribution is -2.46. The molecule has 2 N–H and O–H groups in total. The lowest BCUT2D eigenvalue weighted by Gasteiger charge is -2.43. The maximum Gasteiger partial charge on any atom is 0.162 e. The number of carbonyl (C=O) groups excluding carboxylic acids is 1. The van der Waals surface area contributed by atoms with E-state index in [4.69, 9.17) is 5.73 Å². The fraction of sp³-hybridized carbons (Fsp3) is 0.250. The molecule has 2 aromatic carbocycles. The highest BCUT2D eigenvalue weighted by Gasteiger charge is 2.43. The van der Waals surface area contributed by atoms with Crippen LogP contribution < -0.4 is 5.73 Å². The highest BCUT2D eigenvalue weighted by molar-refractivity contribution is 6.00. The number of halogens is 1. The Bertz CT molecular complexity index is 1100. The molecular formula is C24H23FN4O. The van der Waals surface area contributed by atoms with Gasteiger partial charge in [0.2, 0.25) is 0 Å². The standard InChI is InChI=1S/C24H23FN4O/c1-28(2)29-20-12-16(15-8-4-3-5-9-15)13-21(30)23(20)22(18(14-26)24(29)27)17-10-6-7-11-19(17)25/h3-11,16,22H,12-13,27H2,1-2H3/t16-,22+/m0/s1. The lowest BCUT2D eigenvalue weighted by molar-refractivity contribution is -0.117. The van der Waals surface area contributed by atoms with Gasteiger partial charge in [-0.2, -0.15) is 5.26 Å². The molecule has 0 aromatic heterocycles. The number of allylic oxidation sites excluding steroid dienone is 3. The molecule has 2 atom stereocenters. The van der Waals surface area contributed by atoms with E-state index < -0.39 is 11.7 Å². The zero-order chi connectivity index (χ0) is 21.4. The van der Waals surface area contributed by atoms with E-state index >= 15 is 0 Å². The predicted molar refractivity (Wildman–Crippen MR) is 112 cm³/mol. The summed E-state index contributed by atoms with van der Waals surface area (Å²) in [4.78, 5) is 13.4. The Morgan fingerprint density at radius 2 is 1.77 bits per heavy atom. The molecule has 152 valence electrons. The fourth-order valence-electron chi connectivity index (χ4n) is 4.55. The highest BCUT2D eigenvalue weighted by Crippen LogP contribution is 2.48. The van der Waals surface area contributed by atoms with Crippen LogP contribution in [0.3, 0.4) is 0 Å². The lowest BCUT2D eigenvalue weighted by atomic mass is 9.72. The Labute approximate surface area is 175 Å². The molecule has 0 saturated heterocycles. The monoisotopic (exact) mass is 402 g/mol. The zero-order valence-electron chi connectivity index (χ0n) is 17.0. The molecule has 1 aliphatic heterocycles. The summed E-state index contributed by atoms with van der Waals surface area (Å²) >= 11 is 0. The van der Waals surface area contributed by atoms with Gasteiger partial charge in [-0.15, -0.1) is 0 Å². The molecule has 2 aromatic rings. The van der Waals surface area contributed by atoms with Crippen LogP contribution >= 0.6 is 0 Å². The Hall–Kier alpha value is -3.43. The van der Waals surface area contributed by atoms with Crippen molar-refractivity contribution in [3.05, 3.63) is 94.2 Å². The van der Waals surface area contributed by atoms with E-state index in [1.165, 1.54) is 6.07 Å². The molecule has 5 nitrogen and oxygen atoms in total. The van der Waals surface area contributed by atoms with Gasteiger partial charge in [-0.05, 0) is 24.0 Å². The maximum absolute atomic E-state index is 14.8. The van der Waals surface area contributed by atoms with Crippen molar-refractivity contribution in [2.45, 2.75) is 24.7 Å². The van der Waals surface area contributed by atoms with Crippen molar-refractivity contribution in [2.24, 2.45) is 5.73 Å². The topological polar surface area (TPSA) is 73.4 Å². The maximum atomic E-state index is 14.8. The molecule has 1 aliphatic carbocycles. The molecule has 0 bridgehead atoms. The van der Waals surface area contributed by atoms with Crippen LogP contribution in [-0.4, -0.2) is 29.9 Å². The number of hydrazine groups is 1. The van der Waals surface area contributed by atoms with E-state index in [1.807, 2.05) is 44.4 Å². The molecule has 6 heteroatoms. The minimum atomic E-state index is -0.799. The summed E-state index contributed by atoms with van der Waals surface area (Å²) in [5.41, 5.74) is 9.19. The number of carbonyl (C=O) groups is 1. The van der Waals surface area contributed by atoms with Gasteiger partial charge in [0.05, 0.1) is 17.6 Å². The van der Waals surface area contributed by atoms with Crippen LogP contribution in [0.2, 0.25) is 0 Å². The molecule has 1 heterocycles. The summed E-state index contributed by atoms with van der Waals surface area (Å²) in [6, 6.07) is 18.3. The number of rotatable bonds is 3. The normalized spacial score (nSPS) is 21.7. The van der Waals surface area contributed by atoms with Crippen LogP contribution in [0.4, 0.5) is 4.39 Å². The van der Waals surface area contributed by atoms with E-state index in [9.17, 15) is 14.4 Å². The molecule has 4 rings (SSSR count). The second kappa shape index (κ2) is 7.77. The van der Waals surface area contributed by atoms with Gasteiger partial charge >= 0.3 is 0 Å². The summed E-state index contributed by atoms with van der Waals surface area (Å²) in [6.07, 6.45) is 0.890. The van der Waals surface area contributed by atoms with E-state index in [2.05, 4.69) is 6.07 Å². The van der Waals surface area contributed by atoms with Gasteiger partial charge < -0.3 is 5.73 Å². The summed E-state index contributed by atoms with van der Waals surface area (Å²) in [5, 5.41) is 13.4. The number of nitrogens with zero attached hydrogens (tertiary/aromatic N) is 3. The quantitative estimate of drug-likeness (QED) is 0.846. The first-order valence-electron chi connectivity index (χ1n) is 9.86. The smallest absolute Gasteiger partial charge is 0.162 e. The van der Waals surface area contributed by atoms with Gasteiger partial charge in [0, 0.05) is 37.3 Å². The number of nitrogens with two attached hydrogens (primary N) is 1. The van der Waals surface area contributed by atoms with Gasteiger partial charge in [0.15, 0.2) is 5.78 Å². The summed E-state index contributed by atoms with van der Waals surface area (Å²) in [7, 11) is 3.62. The first-order valence-corrected chi connectivity index (χ1v) is 9.86. The first-order chi connectivity index (χ1) is 14.4. The summed E-state index contributed by atoms with van der Waals surface area (Å²) in [6.45, 7) is 0. The molecule has 0 amide bonds. The third-order valence-corrected chi connectivity index (χ3v) is 5.83. The molecule has 30 heavy (non-hydrogen) atoms. The number of Topliss-reactive ketones (excluding diaryl/α,β-unsaturated/α-hetero) is 1. The van der Waals surface area contributed by atoms with Crippen LogP contribution in [0.5, 0.6) is 0 Å². The number of hydrogen-bond donors (Lipinski definition) is 1. The number of ketones is 1. The third kappa shape index (κ3) is 3.17. The van der Waals surface area contributed by atoms with Crippen molar-refractivity contribution in [1.82, 2.24) is 10.0 Å². The molecule has 0 radical (unpaired) electrons. The second-order valence-electron chi connectivity index (χ2n) is 7.82. The third-order valence-electron chi connectivity index (χ3n) is 5.83. The van der Waals surface area contributed by atoms with Crippen LogP contribution in [0.25, 0.3) is 0 Å². The van der Waals surface area contributed by atoms with Crippen LogP contribution in [0.15, 0.2) is 77.3 Å². The van der Waals surface area contributed by atoms with Crippen LogP contribution in [0.1, 0.15) is 35.8 Å². The van der Waals surface area contributed by atoms with Crippen molar-refractivity contribution in [1.29, 1.82) is 5.26 Å². The highest BCUT2D eigenvalue weighted by atomic mass is 19.1. The van der Waals surface area contributed by atoms with E-state index in [1.54, 1.807) is 28.2 Å². The molecule has 0 unspecified atom stereocenters. The Morgan fingerprint density at radius 3 is 2.40 bits per heavy atom. The largest absolute Gasteiger partial charge is 0.383 e. The molecule has 2 aliphatic rings. The van der Waals surface area contributed by atoms with Gasteiger partial charge in [-0.25, -0.2) is 9.40 Å². The fourth-order valence-corrected chi connectivity index (χ4v) is 4.55. The molecule has 0 saturated carbocycles. The van der Waals surface area contributed by atoms with Crippen molar-refractivity contribution < 1.29 is 9.18 Å². The van der Waals surface area contributed by atoms with Gasteiger partial charge in [-0.3, -0.25) is 9.80 Å².